The summed E-state index contributed by atoms with van der Waals surface area (Å²) in [5, 5.41) is 2.83. The monoisotopic (exact) mass is 217 g/mol. The van der Waals surface area contributed by atoms with Gasteiger partial charge in [0.15, 0.2) is 6.29 Å². The van der Waals surface area contributed by atoms with Crippen LogP contribution in [0.1, 0.15) is 21.1 Å². The van der Waals surface area contributed by atoms with Crippen molar-refractivity contribution in [3.05, 3.63) is 52.0 Å². The second kappa shape index (κ2) is 4.84. The van der Waals surface area contributed by atoms with Gasteiger partial charge in [-0.05, 0) is 12.0 Å². The van der Waals surface area contributed by atoms with Crippen LogP contribution < -0.4 is 0 Å². The van der Waals surface area contributed by atoms with Crippen molar-refractivity contribution in [3.8, 4) is 0 Å². The molecule has 0 spiro atoms. The summed E-state index contributed by atoms with van der Waals surface area (Å²) in [6.07, 6.45) is 2.68. The SMILES string of the molecule is O=Cc1csc(CCc2ccccc2)n1. The highest BCUT2D eigenvalue weighted by Crippen LogP contribution is 2.11. The Morgan fingerprint density at radius 3 is 2.67 bits per heavy atom. The van der Waals surface area contributed by atoms with Crippen LogP contribution in [0.4, 0.5) is 0 Å². The quantitative estimate of drug-likeness (QED) is 0.737. The zero-order valence-corrected chi connectivity index (χ0v) is 9.04. The van der Waals surface area contributed by atoms with Crippen molar-refractivity contribution in [1.82, 2.24) is 4.98 Å². The number of carbonyl (C=O) groups is 1. The molecule has 2 aromatic rings. The number of hydrogen-bond acceptors (Lipinski definition) is 3. The molecule has 2 rings (SSSR count). The highest BCUT2D eigenvalue weighted by Gasteiger charge is 2.01. The normalized spacial score (nSPS) is 10.1. The average molecular weight is 217 g/mol. The van der Waals surface area contributed by atoms with E-state index in [9.17, 15) is 4.79 Å². The summed E-state index contributed by atoms with van der Waals surface area (Å²) in [6, 6.07) is 10.3. The Kier molecular flexibility index (Phi) is 3.25. The van der Waals surface area contributed by atoms with E-state index in [0.29, 0.717) is 5.69 Å². The van der Waals surface area contributed by atoms with E-state index in [1.807, 2.05) is 18.2 Å². The maximum Gasteiger partial charge on any atom is 0.169 e. The molecule has 0 amide bonds. The third-order valence-electron chi connectivity index (χ3n) is 2.16. The van der Waals surface area contributed by atoms with Gasteiger partial charge in [-0.25, -0.2) is 4.98 Å². The number of benzene rings is 1. The second-order valence-corrected chi connectivity index (χ2v) is 4.21. The number of thiazole rings is 1. The molecule has 1 aromatic carbocycles. The predicted octanol–water partition coefficient (Wildman–Crippen LogP) is 2.74. The highest BCUT2D eigenvalue weighted by molar-refractivity contribution is 7.09. The lowest BCUT2D eigenvalue weighted by atomic mass is 10.1. The lowest BCUT2D eigenvalue weighted by molar-refractivity contribution is 0.111. The van der Waals surface area contributed by atoms with Gasteiger partial charge in [-0.1, -0.05) is 30.3 Å². The van der Waals surface area contributed by atoms with Crippen LogP contribution in [0.5, 0.6) is 0 Å². The minimum Gasteiger partial charge on any atom is -0.296 e. The van der Waals surface area contributed by atoms with Crippen molar-refractivity contribution in [2.24, 2.45) is 0 Å². The minimum absolute atomic E-state index is 0.545. The molecule has 0 saturated heterocycles. The molecule has 0 aliphatic carbocycles. The molecule has 0 N–H and O–H groups in total. The Morgan fingerprint density at radius 2 is 2.00 bits per heavy atom. The van der Waals surface area contributed by atoms with Gasteiger partial charge in [0.1, 0.15) is 5.69 Å². The summed E-state index contributed by atoms with van der Waals surface area (Å²) in [5.74, 6) is 0. The van der Waals surface area contributed by atoms with Gasteiger partial charge in [-0.15, -0.1) is 11.3 Å². The number of carbonyl (C=O) groups excluding carboxylic acids is 1. The Hall–Kier alpha value is -1.48. The average Bonchev–Trinajstić information content (AvgIpc) is 2.76. The first-order chi connectivity index (χ1) is 7.38. The molecule has 0 saturated carbocycles. The van der Waals surface area contributed by atoms with Gasteiger partial charge in [0.05, 0.1) is 5.01 Å². The third-order valence-corrected chi connectivity index (χ3v) is 3.09. The Morgan fingerprint density at radius 1 is 1.20 bits per heavy atom. The van der Waals surface area contributed by atoms with Crippen LogP contribution in [0.25, 0.3) is 0 Å². The Bertz CT molecular complexity index is 436. The molecule has 76 valence electrons. The Labute approximate surface area is 92.6 Å². The molecular weight excluding hydrogens is 206 g/mol. The van der Waals surface area contributed by atoms with Crippen molar-refractivity contribution in [2.75, 3.05) is 0 Å². The van der Waals surface area contributed by atoms with E-state index >= 15 is 0 Å². The van der Waals surface area contributed by atoms with E-state index < -0.39 is 0 Å². The first-order valence-corrected chi connectivity index (χ1v) is 5.70. The number of aryl methyl sites for hydroxylation is 2. The van der Waals surface area contributed by atoms with Gasteiger partial charge >= 0.3 is 0 Å². The van der Waals surface area contributed by atoms with Gasteiger partial charge in [-0.2, -0.15) is 0 Å². The van der Waals surface area contributed by atoms with E-state index in [-0.39, 0.29) is 0 Å². The first kappa shape index (κ1) is 10.1. The first-order valence-electron chi connectivity index (χ1n) is 4.82. The van der Waals surface area contributed by atoms with Gasteiger partial charge in [0.2, 0.25) is 0 Å². The zero-order valence-electron chi connectivity index (χ0n) is 8.22. The summed E-state index contributed by atoms with van der Waals surface area (Å²) in [7, 11) is 0. The van der Waals surface area contributed by atoms with Crippen molar-refractivity contribution >= 4 is 17.6 Å². The van der Waals surface area contributed by atoms with Crippen LogP contribution >= 0.6 is 11.3 Å². The van der Waals surface area contributed by atoms with Crippen LogP contribution in [0.2, 0.25) is 0 Å². The van der Waals surface area contributed by atoms with Gasteiger partial charge in [-0.3, -0.25) is 4.79 Å². The van der Waals surface area contributed by atoms with Crippen molar-refractivity contribution < 1.29 is 4.79 Å². The molecule has 15 heavy (non-hydrogen) atoms. The summed E-state index contributed by atoms with van der Waals surface area (Å²) >= 11 is 1.55. The topological polar surface area (TPSA) is 30.0 Å². The summed E-state index contributed by atoms with van der Waals surface area (Å²) in [4.78, 5) is 14.6. The van der Waals surface area contributed by atoms with Crippen LogP contribution in [0.3, 0.4) is 0 Å². The molecule has 0 bridgehead atoms. The van der Waals surface area contributed by atoms with Crippen LogP contribution in [-0.4, -0.2) is 11.3 Å². The van der Waals surface area contributed by atoms with Crippen LogP contribution in [-0.2, 0) is 12.8 Å². The molecule has 0 aliphatic heterocycles. The minimum atomic E-state index is 0.545. The summed E-state index contributed by atoms with van der Waals surface area (Å²) in [6.45, 7) is 0. The molecule has 3 heteroatoms. The van der Waals surface area contributed by atoms with E-state index in [1.165, 1.54) is 5.56 Å². The summed E-state index contributed by atoms with van der Waals surface area (Å²) < 4.78 is 0. The summed E-state index contributed by atoms with van der Waals surface area (Å²) in [5.41, 5.74) is 1.85. The zero-order chi connectivity index (χ0) is 10.5. The molecule has 0 aliphatic rings. The smallest absolute Gasteiger partial charge is 0.169 e. The fourth-order valence-electron chi connectivity index (χ4n) is 1.39. The van der Waals surface area contributed by atoms with Crippen molar-refractivity contribution in [1.29, 1.82) is 0 Å². The molecule has 0 radical (unpaired) electrons. The lowest BCUT2D eigenvalue weighted by Gasteiger charge is -1.97. The Balaban J connectivity index is 1.96. The second-order valence-electron chi connectivity index (χ2n) is 3.27. The van der Waals surface area contributed by atoms with Crippen molar-refractivity contribution in [3.63, 3.8) is 0 Å². The molecule has 0 atom stereocenters. The molecule has 1 aromatic heterocycles. The molecule has 0 unspecified atom stereocenters. The van der Waals surface area contributed by atoms with Gasteiger partial charge in [0.25, 0.3) is 0 Å². The fraction of sp³-hybridized carbons (Fsp3) is 0.167. The van der Waals surface area contributed by atoms with Gasteiger partial charge in [0, 0.05) is 11.8 Å². The molecule has 0 fully saturated rings. The van der Waals surface area contributed by atoms with E-state index in [0.717, 1.165) is 24.1 Å². The van der Waals surface area contributed by atoms with E-state index in [2.05, 4.69) is 17.1 Å². The molecule has 2 nitrogen and oxygen atoms in total. The predicted molar refractivity (Wildman–Crippen MR) is 61.4 cm³/mol. The number of rotatable bonds is 4. The number of aldehydes is 1. The number of aromatic nitrogens is 1. The highest BCUT2D eigenvalue weighted by atomic mass is 32.1. The standard InChI is InChI=1S/C12H11NOS/c14-8-11-9-15-12(13-11)7-6-10-4-2-1-3-5-10/h1-5,8-9H,6-7H2. The molecule has 1 heterocycles. The van der Waals surface area contributed by atoms with E-state index in [1.54, 1.807) is 16.7 Å². The van der Waals surface area contributed by atoms with E-state index in [4.69, 9.17) is 0 Å². The largest absolute Gasteiger partial charge is 0.296 e. The van der Waals surface area contributed by atoms with Crippen LogP contribution in [0.15, 0.2) is 35.7 Å². The lowest BCUT2D eigenvalue weighted by Crippen LogP contribution is -1.90. The van der Waals surface area contributed by atoms with Crippen molar-refractivity contribution in [2.45, 2.75) is 12.8 Å². The fourth-order valence-corrected chi connectivity index (χ4v) is 2.13. The maximum absolute atomic E-state index is 10.4. The number of nitrogens with zero attached hydrogens (tertiary/aromatic N) is 1. The molecular formula is C12H11NOS. The third kappa shape index (κ3) is 2.73. The maximum atomic E-state index is 10.4. The van der Waals surface area contributed by atoms with Gasteiger partial charge < -0.3 is 0 Å². The van der Waals surface area contributed by atoms with Crippen LogP contribution in [0, 0.1) is 0 Å². The number of hydrogen-bond donors (Lipinski definition) is 0.